The van der Waals surface area contributed by atoms with Gasteiger partial charge >= 0.3 is 14.2 Å². The van der Waals surface area contributed by atoms with Crippen LogP contribution in [0.2, 0.25) is 0 Å². The van der Waals surface area contributed by atoms with Crippen LogP contribution in [0.15, 0.2) is 0 Å². The average Bonchev–Trinajstić information content (AvgIpc) is 1.85. The quantitative estimate of drug-likeness (QED) is 0.470. The monoisotopic (exact) mass is 181 g/mol. The van der Waals surface area contributed by atoms with Gasteiger partial charge in [0.1, 0.15) is 6.61 Å². The Balaban J connectivity index is 3.03. The maximum atomic E-state index is 9.95. The molecule has 0 aliphatic carbocycles. The van der Waals surface area contributed by atoms with Crippen molar-refractivity contribution in [3.8, 4) is 0 Å². The van der Waals surface area contributed by atoms with E-state index in [1.807, 2.05) is 0 Å². The predicted molar refractivity (Wildman–Crippen MR) is 37.3 cm³/mol. The number of hydrogen-bond acceptors (Lipinski definition) is 3. The fourth-order valence-corrected chi connectivity index (χ4v) is 0.806. The van der Waals surface area contributed by atoms with Crippen LogP contribution in [0.25, 0.3) is 0 Å². The van der Waals surface area contributed by atoms with Crippen molar-refractivity contribution < 1.29 is 23.9 Å². The summed E-state index contributed by atoms with van der Waals surface area (Å²) < 4.78 is 14.2. The Labute approximate surface area is 64.9 Å². The Bertz CT molecular complexity index is 130. The zero-order valence-electron chi connectivity index (χ0n) is 5.89. The maximum Gasteiger partial charge on any atom is 0.694 e. The van der Waals surface area contributed by atoms with Crippen molar-refractivity contribution in [1.29, 1.82) is 0 Å². The van der Waals surface area contributed by atoms with Gasteiger partial charge < -0.3 is 5.11 Å². The molecule has 0 heterocycles. The first-order valence-corrected chi connectivity index (χ1v) is 4.27. The van der Waals surface area contributed by atoms with Gasteiger partial charge in [-0.15, -0.1) is 9.42 Å². The fraction of sp³-hybridized carbons (Fsp3) is 0.800. The number of carbonyl (C=O) groups is 1. The second kappa shape index (κ2) is 6.22. The molecule has 11 heavy (non-hydrogen) atoms. The topological polar surface area (TPSA) is 83.8 Å². The molecule has 0 aromatic heterocycles. The lowest BCUT2D eigenvalue weighted by Crippen LogP contribution is -1.95. The molecule has 0 aromatic rings. The summed E-state index contributed by atoms with van der Waals surface area (Å²) in [7, 11) is -2.53. The molecule has 6 heteroatoms. The highest BCUT2D eigenvalue weighted by Crippen LogP contribution is 2.14. The van der Waals surface area contributed by atoms with Gasteiger partial charge in [-0.25, -0.2) is 0 Å². The van der Waals surface area contributed by atoms with Crippen LogP contribution in [0.5, 0.6) is 0 Å². The number of unbranched alkanes of at least 4 members (excludes halogenated alkanes) is 1. The Morgan fingerprint density at radius 3 is 2.55 bits per heavy atom. The van der Waals surface area contributed by atoms with Crippen molar-refractivity contribution in [2.24, 2.45) is 0 Å². The number of aliphatic carboxylic acids is 1. The molecule has 5 nitrogen and oxygen atoms in total. The van der Waals surface area contributed by atoms with E-state index in [1.165, 1.54) is 0 Å². The molecule has 0 amide bonds. The largest absolute Gasteiger partial charge is 0.694 e. The van der Waals surface area contributed by atoms with E-state index < -0.39 is 14.2 Å². The van der Waals surface area contributed by atoms with E-state index in [2.05, 4.69) is 4.52 Å². The Hall–Kier alpha value is -0.510. The van der Waals surface area contributed by atoms with E-state index in [0.717, 1.165) is 0 Å². The molecule has 64 valence electrons. The van der Waals surface area contributed by atoms with Crippen molar-refractivity contribution in [3.05, 3.63) is 0 Å². The number of rotatable bonds is 6. The van der Waals surface area contributed by atoms with Gasteiger partial charge in [0.15, 0.2) is 0 Å². The first-order chi connectivity index (χ1) is 5.13. The normalized spacial score (nSPS) is 11.2. The van der Waals surface area contributed by atoms with Crippen LogP contribution in [-0.2, 0) is 13.9 Å². The van der Waals surface area contributed by atoms with Crippen molar-refractivity contribution in [2.75, 3.05) is 6.61 Å². The third-order valence-electron chi connectivity index (χ3n) is 0.987. The van der Waals surface area contributed by atoms with E-state index in [1.54, 1.807) is 0 Å². The zero-order valence-corrected chi connectivity index (χ0v) is 6.79. The van der Waals surface area contributed by atoms with Crippen molar-refractivity contribution in [2.45, 2.75) is 19.3 Å². The van der Waals surface area contributed by atoms with Crippen LogP contribution in [0, 0.1) is 0 Å². The van der Waals surface area contributed by atoms with Crippen LogP contribution in [0.3, 0.4) is 0 Å². The second-order valence-electron chi connectivity index (χ2n) is 1.92. The first-order valence-electron chi connectivity index (χ1n) is 3.14. The van der Waals surface area contributed by atoms with Crippen LogP contribution in [-0.4, -0.2) is 22.6 Å². The van der Waals surface area contributed by atoms with Crippen LogP contribution in [0.4, 0.5) is 0 Å². The summed E-state index contributed by atoms with van der Waals surface area (Å²) in [5.41, 5.74) is 0. The highest BCUT2D eigenvalue weighted by atomic mass is 31.1. The van der Waals surface area contributed by atoms with Crippen molar-refractivity contribution >= 4 is 14.2 Å². The summed E-state index contributed by atoms with van der Waals surface area (Å²) in [6.07, 6.45) is 1.04. The summed E-state index contributed by atoms with van der Waals surface area (Å²) >= 11 is 0. The summed E-state index contributed by atoms with van der Waals surface area (Å²) in [4.78, 5) is 18.1. The molecule has 1 unspecified atom stereocenters. The summed E-state index contributed by atoms with van der Waals surface area (Å²) in [6.45, 7) is 0.138. The minimum absolute atomic E-state index is 0.0750. The van der Waals surface area contributed by atoms with E-state index in [0.29, 0.717) is 12.8 Å². The molecule has 2 N–H and O–H groups in total. The summed E-state index contributed by atoms with van der Waals surface area (Å²) in [5.74, 6) is -0.863. The lowest BCUT2D eigenvalue weighted by molar-refractivity contribution is -0.137. The molecule has 0 saturated carbocycles. The van der Waals surface area contributed by atoms with Crippen LogP contribution >= 0.6 is 8.25 Å². The molecule has 0 fully saturated rings. The molecule has 0 saturated heterocycles. The Morgan fingerprint density at radius 2 is 2.09 bits per heavy atom. The van der Waals surface area contributed by atoms with Crippen LogP contribution < -0.4 is 0 Å². The molecular weight excluding hydrogens is 171 g/mol. The van der Waals surface area contributed by atoms with Crippen molar-refractivity contribution in [3.63, 3.8) is 0 Å². The molecule has 1 atom stereocenters. The highest BCUT2D eigenvalue weighted by Gasteiger charge is 2.10. The maximum absolute atomic E-state index is 9.95. The number of hydrogen-bond donors (Lipinski definition) is 2. The molecule has 0 aliphatic rings. The molecular formula is C5H10O5P+. The fourth-order valence-electron chi connectivity index (χ4n) is 0.521. The third-order valence-corrected chi connectivity index (χ3v) is 1.39. The van der Waals surface area contributed by atoms with Gasteiger partial charge in [0, 0.05) is 11.0 Å². The molecule has 0 aliphatic heterocycles. The molecule has 0 bridgehead atoms. The predicted octanol–water partition coefficient (Wildman–Crippen LogP) is 0.908. The minimum atomic E-state index is -2.53. The number of carboxylic acid groups (broad SMARTS) is 1. The SMILES string of the molecule is O=C(O)CCCCO[P+](=O)O. The van der Waals surface area contributed by atoms with E-state index in [9.17, 15) is 9.36 Å². The average molecular weight is 181 g/mol. The molecule has 0 radical (unpaired) electrons. The highest BCUT2D eigenvalue weighted by molar-refractivity contribution is 7.32. The minimum Gasteiger partial charge on any atom is -0.481 e. The van der Waals surface area contributed by atoms with E-state index in [-0.39, 0.29) is 13.0 Å². The molecule has 0 rings (SSSR count). The molecule has 0 spiro atoms. The van der Waals surface area contributed by atoms with Gasteiger partial charge in [0.05, 0.1) is 0 Å². The van der Waals surface area contributed by atoms with E-state index in [4.69, 9.17) is 10.00 Å². The molecule has 0 aromatic carbocycles. The zero-order chi connectivity index (χ0) is 8.69. The van der Waals surface area contributed by atoms with Gasteiger partial charge in [-0.2, -0.15) is 0 Å². The lowest BCUT2D eigenvalue weighted by atomic mass is 10.2. The van der Waals surface area contributed by atoms with Gasteiger partial charge in [-0.05, 0) is 12.8 Å². The summed E-state index contributed by atoms with van der Waals surface area (Å²) in [5, 5.41) is 8.17. The lowest BCUT2D eigenvalue weighted by Gasteiger charge is -1.90. The third kappa shape index (κ3) is 9.49. The van der Waals surface area contributed by atoms with Gasteiger partial charge in [0.25, 0.3) is 0 Å². The number of carboxylic acids is 1. The van der Waals surface area contributed by atoms with Crippen molar-refractivity contribution in [1.82, 2.24) is 0 Å². The van der Waals surface area contributed by atoms with Gasteiger partial charge in [0.2, 0.25) is 0 Å². The standard InChI is InChI=1S/C5H9O5P/c6-5(7)3-1-2-4-10-11(8)9/h1-4H2,(H-,6,7,8,9)/p+1. The Morgan fingerprint density at radius 1 is 1.45 bits per heavy atom. The van der Waals surface area contributed by atoms with Gasteiger partial charge in [-0.3, -0.25) is 4.79 Å². The Kier molecular flexibility index (Phi) is 5.93. The van der Waals surface area contributed by atoms with Gasteiger partial charge in [-0.1, -0.05) is 0 Å². The van der Waals surface area contributed by atoms with E-state index >= 15 is 0 Å². The first kappa shape index (κ1) is 10.5. The van der Waals surface area contributed by atoms with Crippen LogP contribution in [0.1, 0.15) is 19.3 Å². The summed E-state index contributed by atoms with van der Waals surface area (Å²) in [6, 6.07) is 0. The second-order valence-corrected chi connectivity index (χ2v) is 2.66. The smallest absolute Gasteiger partial charge is 0.481 e.